The van der Waals surface area contributed by atoms with Crippen LogP contribution in [0.5, 0.6) is 0 Å². The summed E-state index contributed by atoms with van der Waals surface area (Å²) in [6.07, 6.45) is -11.4. The van der Waals surface area contributed by atoms with Crippen LogP contribution < -0.4 is 0 Å². The van der Waals surface area contributed by atoms with Crippen LogP contribution in [-0.2, 0) is 19.1 Å². The molecule has 11 nitrogen and oxygen atoms in total. The minimum Gasteiger partial charge on any atom is -0.464 e. The molecule has 6 unspecified atom stereocenters. The highest BCUT2D eigenvalue weighted by atomic mass is 16.5. The molecule has 0 amide bonds. The molecule has 0 saturated heterocycles. The van der Waals surface area contributed by atoms with Gasteiger partial charge in [0.15, 0.2) is 6.10 Å². The zero-order chi connectivity index (χ0) is 25.3. The fraction of sp³-hybridized carbons (Fsp3) is 0.864. The van der Waals surface area contributed by atoms with E-state index < -0.39 is 66.3 Å². The molecule has 33 heavy (non-hydrogen) atoms. The van der Waals surface area contributed by atoms with Gasteiger partial charge in [-0.05, 0) is 25.7 Å². The second-order valence-electron chi connectivity index (χ2n) is 8.61. The van der Waals surface area contributed by atoms with Crippen molar-refractivity contribution in [1.82, 2.24) is 0 Å². The van der Waals surface area contributed by atoms with Gasteiger partial charge in [0.25, 0.3) is 0 Å². The fourth-order valence-corrected chi connectivity index (χ4v) is 4.18. The molecule has 0 radical (unpaired) electrons. The molecule has 192 valence electrons. The van der Waals surface area contributed by atoms with Gasteiger partial charge in [0.2, 0.25) is 0 Å². The number of hydrogen-bond acceptors (Lipinski definition) is 11. The SMILES string of the molecule is CCCCCC(=O)CC[C@@H]1[C@@H](O)CC(=O)[C@H]1C(O)C(O)C(O)C(O)C(O)C(O)C(=O)OCC. The summed E-state index contributed by atoms with van der Waals surface area (Å²) in [6, 6.07) is 0. The predicted molar refractivity (Wildman–Crippen MR) is 114 cm³/mol. The molecule has 1 fully saturated rings. The van der Waals surface area contributed by atoms with E-state index in [0.29, 0.717) is 6.42 Å². The number of esters is 1. The topological polar surface area (TPSA) is 202 Å². The summed E-state index contributed by atoms with van der Waals surface area (Å²) < 4.78 is 4.51. The molecule has 1 aliphatic carbocycles. The van der Waals surface area contributed by atoms with E-state index in [1.54, 1.807) is 0 Å². The second-order valence-corrected chi connectivity index (χ2v) is 8.61. The van der Waals surface area contributed by atoms with E-state index in [1.165, 1.54) is 6.92 Å². The van der Waals surface area contributed by atoms with Crippen molar-refractivity contribution in [1.29, 1.82) is 0 Å². The lowest BCUT2D eigenvalue weighted by molar-refractivity contribution is -0.181. The van der Waals surface area contributed by atoms with Crippen molar-refractivity contribution in [2.45, 2.75) is 102 Å². The number of aliphatic hydroxyl groups excluding tert-OH is 7. The number of carbonyl (C=O) groups is 3. The summed E-state index contributed by atoms with van der Waals surface area (Å²) in [5, 5.41) is 71.1. The van der Waals surface area contributed by atoms with Gasteiger partial charge < -0.3 is 40.5 Å². The molecule has 1 rings (SSSR count). The first-order chi connectivity index (χ1) is 15.5. The van der Waals surface area contributed by atoms with Crippen LogP contribution in [0.15, 0.2) is 0 Å². The highest BCUT2D eigenvalue weighted by molar-refractivity contribution is 5.85. The van der Waals surface area contributed by atoms with Crippen LogP contribution in [-0.4, -0.2) is 103 Å². The van der Waals surface area contributed by atoms with Crippen molar-refractivity contribution in [3.63, 3.8) is 0 Å². The summed E-state index contributed by atoms with van der Waals surface area (Å²) in [5.74, 6) is -4.05. The molecule has 1 aliphatic rings. The first kappa shape index (κ1) is 29.6. The fourth-order valence-electron chi connectivity index (χ4n) is 4.18. The van der Waals surface area contributed by atoms with Gasteiger partial charge in [-0.2, -0.15) is 0 Å². The van der Waals surface area contributed by atoms with Gasteiger partial charge >= 0.3 is 5.97 Å². The van der Waals surface area contributed by atoms with Crippen LogP contribution >= 0.6 is 0 Å². The van der Waals surface area contributed by atoms with Crippen molar-refractivity contribution < 1.29 is 54.9 Å². The number of ether oxygens (including phenoxy) is 1. The van der Waals surface area contributed by atoms with E-state index in [-0.39, 0.29) is 31.7 Å². The van der Waals surface area contributed by atoms with E-state index in [1.807, 2.05) is 6.92 Å². The smallest absolute Gasteiger partial charge is 0.337 e. The Morgan fingerprint density at radius 3 is 2.12 bits per heavy atom. The van der Waals surface area contributed by atoms with Crippen LogP contribution in [0.1, 0.15) is 58.8 Å². The lowest BCUT2D eigenvalue weighted by Gasteiger charge is -2.33. The number of aliphatic hydroxyl groups is 7. The monoisotopic (exact) mass is 478 g/mol. The second kappa shape index (κ2) is 14.1. The van der Waals surface area contributed by atoms with Crippen molar-refractivity contribution in [2.75, 3.05) is 6.61 Å². The third-order valence-electron chi connectivity index (χ3n) is 6.17. The maximum atomic E-state index is 12.4. The third kappa shape index (κ3) is 8.06. The van der Waals surface area contributed by atoms with E-state index in [0.717, 1.165) is 19.3 Å². The van der Waals surface area contributed by atoms with Gasteiger partial charge in [0.05, 0.1) is 24.7 Å². The molecule has 0 bridgehead atoms. The average molecular weight is 479 g/mol. The van der Waals surface area contributed by atoms with E-state index in [4.69, 9.17) is 0 Å². The molecule has 1 saturated carbocycles. The third-order valence-corrected chi connectivity index (χ3v) is 6.17. The van der Waals surface area contributed by atoms with Crippen molar-refractivity contribution in [2.24, 2.45) is 11.8 Å². The van der Waals surface area contributed by atoms with Gasteiger partial charge in [-0.15, -0.1) is 0 Å². The van der Waals surface area contributed by atoms with Crippen molar-refractivity contribution in [3.05, 3.63) is 0 Å². The maximum Gasteiger partial charge on any atom is 0.337 e. The Kier molecular flexibility index (Phi) is 12.6. The predicted octanol–water partition coefficient (Wildman–Crippen LogP) is -1.79. The first-order valence-corrected chi connectivity index (χ1v) is 11.4. The molecule has 11 heteroatoms. The van der Waals surface area contributed by atoms with E-state index in [2.05, 4.69) is 4.74 Å². The van der Waals surface area contributed by atoms with Crippen molar-refractivity contribution >= 4 is 17.5 Å². The highest BCUT2D eigenvalue weighted by Crippen LogP contribution is 2.37. The van der Waals surface area contributed by atoms with Gasteiger partial charge in [-0.25, -0.2) is 4.79 Å². The van der Waals surface area contributed by atoms with E-state index in [9.17, 15) is 50.1 Å². The summed E-state index contributed by atoms with van der Waals surface area (Å²) in [7, 11) is 0. The summed E-state index contributed by atoms with van der Waals surface area (Å²) in [5.41, 5.74) is 0. The molecule has 0 aromatic carbocycles. The van der Waals surface area contributed by atoms with E-state index >= 15 is 0 Å². The van der Waals surface area contributed by atoms with Gasteiger partial charge in [-0.1, -0.05) is 19.8 Å². The van der Waals surface area contributed by atoms with Gasteiger partial charge in [0.1, 0.15) is 36.0 Å². The quantitative estimate of drug-likeness (QED) is 0.103. The standard InChI is InChI=1S/C22H38O11/c1-3-5-6-7-11(23)8-9-12-13(24)10-14(25)15(12)16(26)17(27)18(28)19(29)20(30)21(31)22(32)33-4-2/h12-13,15-21,24,26-31H,3-10H2,1-2H3/t12-,13+,15+,16?,17?,18?,19?,20?,21?/m1/s1. The Bertz CT molecular complexity index is 640. The van der Waals surface area contributed by atoms with Crippen LogP contribution in [0.4, 0.5) is 0 Å². The number of hydrogen-bond donors (Lipinski definition) is 7. The molecular weight excluding hydrogens is 440 g/mol. The van der Waals surface area contributed by atoms with Crippen LogP contribution in [0.3, 0.4) is 0 Å². The lowest BCUT2D eigenvalue weighted by Crippen LogP contribution is -2.55. The molecule has 0 aromatic heterocycles. The Morgan fingerprint density at radius 1 is 0.939 bits per heavy atom. The lowest BCUT2D eigenvalue weighted by atomic mass is 9.81. The summed E-state index contributed by atoms with van der Waals surface area (Å²) in [6.45, 7) is 3.34. The minimum absolute atomic E-state index is 0.0460. The Balaban J connectivity index is 2.82. The minimum atomic E-state index is -2.27. The van der Waals surface area contributed by atoms with Gasteiger partial charge in [-0.3, -0.25) is 9.59 Å². The highest BCUT2D eigenvalue weighted by Gasteiger charge is 2.49. The zero-order valence-electron chi connectivity index (χ0n) is 19.1. The molecule has 9 atom stereocenters. The van der Waals surface area contributed by atoms with Crippen molar-refractivity contribution in [3.8, 4) is 0 Å². The maximum absolute atomic E-state index is 12.4. The molecule has 7 N–H and O–H groups in total. The summed E-state index contributed by atoms with van der Waals surface area (Å²) in [4.78, 5) is 36.0. The number of rotatable bonds is 15. The largest absolute Gasteiger partial charge is 0.464 e. The average Bonchev–Trinajstić information content (AvgIpc) is 3.07. The Labute approximate surface area is 193 Å². The Morgan fingerprint density at radius 2 is 1.55 bits per heavy atom. The first-order valence-electron chi connectivity index (χ1n) is 11.4. The Hall–Kier alpha value is -1.47. The number of Topliss-reactive ketones (excluding diaryl/α,β-unsaturated/α-hetero) is 2. The molecule has 0 aliphatic heterocycles. The number of unbranched alkanes of at least 4 members (excludes halogenated alkanes) is 2. The molecule has 0 aromatic rings. The normalized spacial score (nSPS) is 26.3. The molecule has 0 spiro atoms. The van der Waals surface area contributed by atoms with Crippen LogP contribution in [0, 0.1) is 11.8 Å². The number of ketones is 2. The van der Waals surface area contributed by atoms with Crippen LogP contribution in [0.25, 0.3) is 0 Å². The molecular formula is C22H38O11. The van der Waals surface area contributed by atoms with Gasteiger partial charge in [0, 0.05) is 19.3 Å². The van der Waals surface area contributed by atoms with Crippen LogP contribution in [0.2, 0.25) is 0 Å². The summed E-state index contributed by atoms with van der Waals surface area (Å²) >= 11 is 0. The number of carbonyl (C=O) groups excluding carboxylic acids is 3. The molecule has 0 heterocycles. The zero-order valence-corrected chi connectivity index (χ0v) is 19.1.